The molecule has 0 amide bonds. The number of ketones is 2. The van der Waals surface area contributed by atoms with Crippen molar-refractivity contribution >= 4 is 11.6 Å². The molecule has 1 N–H and O–H groups in total. The SMILES string of the molecule is CC(C)(C)C(=O)CC(=O)c1ccccc1O. The van der Waals surface area contributed by atoms with Gasteiger partial charge in [-0.3, -0.25) is 9.59 Å². The summed E-state index contributed by atoms with van der Waals surface area (Å²) in [6.07, 6.45) is -0.166. The summed E-state index contributed by atoms with van der Waals surface area (Å²) in [5.41, 5.74) is -0.319. The molecule has 3 nitrogen and oxygen atoms in total. The Kier molecular flexibility index (Phi) is 3.48. The summed E-state index contributed by atoms with van der Waals surface area (Å²) < 4.78 is 0. The molecule has 0 spiro atoms. The fraction of sp³-hybridized carbons (Fsp3) is 0.385. The smallest absolute Gasteiger partial charge is 0.173 e. The maximum atomic E-state index is 11.7. The average molecular weight is 220 g/mol. The number of hydrogen-bond donors (Lipinski definition) is 1. The molecule has 0 aliphatic carbocycles. The van der Waals surface area contributed by atoms with E-state index in [-0.39, 0.29) is 29.3 Å². The van der Waals surface area contributed by atoms with Crippen molar-refractivity contribution in [3.63, 3.8) is 0 Å². The minimum absolute atomic E-state index is 0.0748. The lowest BCUT2D eigenvalue weighted by atomic mass is 9.87. The Morgan fingerprint density at radius 3 is 2.25 bits per heavy atom. The second kappa shape index (κ2) is 4.47. The molecule has 0 saturated heterocycles. The van der Waals surface area contributed by atoms with Gasteiger partial charge in [-0.1, -0.05) is 32.9 Å². The molecule has 1 rings (SSSR count). The van der Waals surface area contributed by atoms with E-state index >= 15 is 0 Å². The standard InChI is InChI=1S/C13H16O3/c1-13(2,3)12(16)8-11(15)9-6-4-5-7-10(9)14/h4-7,14H,8H2,1-3H3. The summed E-state index contributed by atoms with van der Waals surface area (Å²) in [7, 11) is 0. The van der Waals surface area contributed by atoms with Gasteiger partial charge in [0.15, 0.2) is 5.78 Å². The normalized spacial score (nSPS) is 11.2. The van der Waals surface area contributed by atoms with Crippen molar-refractivity contribution in [2.45, 2.75) is 27.2 Å². The topological polar surface area (TPSA) is 54.4 Å². The first kappa shape index (κ1) is 12.4. The van der Waals surface area contributed by atoms with Crippen molar-refractivity contribution in [1.82, 2.24) is 0 Å². The monoisotopic (exact) mass is 220 g/mol. The second-order valence-electron chi connectivity index (χ2n) is 4.79. The molecule has 1 aromatic carbocycles. The number of phenolic OH excluding ortho intramolecular Hbond substituents is 1. The maximum absolute atomic E-state index is 11.7. The van der Waals surface area contributed by atoms with Gasteiger partial charge in [-0.15, -0.1) is 0 Å². The van der Waals surface area contributed by atoms with Crippen LogP contribution in [-0.2, 0) is 4.79 Å². The molecule has 0 fully saturated rings. The van der Waals surface area contributed by atoms with Gasteiger partial charge in [-0.2, -0.15) is 0 Å². The molecular weight excluding hydrogens is 204 g/mol. The van der Waals surface area contributed by atoms with Gasteiger partial charge < -0.3 is 5.11 Å². The second-order valence-corrected chi connectivity index (χ2v) is 4.79. The Morgan fingerprint density at radius 1 is 1.19 bits per heavy atom. The highest BCUT2D eigenvalue weighted by molar-refractivity contribution is 6.10. The fourth-order valence-electron chi connectivity index (χ4n) is 1.22. The third-order valence-corrected chi connectivity index (χ3v) is 2.36. The zero-order valence-electron chi connectivity index (χ0n) is 9.78. The summed E-state index contributed by atoms with van der Waals surface area (Å²) in [4.78, 5) is 23.4. The van der Waals surface area contributed by atoms with Gasteiger partial charge in [-0.25, -0.2) is 0 Å². The van der Waals surface area contributed by atoms with E-state index < -0.39 is 5.41 Å². The van der Waals surface area contributed by atoms with E-state index in [1.807, 2.05) is 0 Å². The van der Waals surface area contributed by atoms with E-state index in [0.717, 1.165) is 0 Å². The van der Waals surface area contributed by atoms with Crippen LogP contribution in [0.25, 0.3) is 0 Å². The highest BCUT2D eigenvalue weighted by Crippen LogP contribution is 2.21. The van der Waals surface area contributed by atoms with Crippen LogP contribution in [0, 0.1) is 5.41 Å². The Bertz CT molecular complexity index is 413. The zero-order valence-corrected chi connectivity index (χ0v) is 9.78. The van der Waals surface area contributed by atoms with Crippen LogP contribution < -0.4 is 0 Å². The van der Waals surface area contributed by atoms with Gasteiger partial charge in [-0.05, 0) is 12.1 Å². The predicted molar refractivity (Wildman–Crippen MR) is 61.5 cm³/mol. The van der Waals surface area contributed by atoms with Crippen LogP contribution in [0.15, 0.2) is 24.3 Å². The van der Waals surface area contributed by atoms with Crippen molar-refractivity contribution in [3.05, 3.63) is 29.8 Å². The third-order valence-electron chi connectivity index (χ3n) is 2.36. The number of rotatable bonds is 3. The lowest BCUT2D eigenvalue weighted by molar-refractivity contribution is -0.125. The van der Waals surface area contributed by atoms with Gasteiger partial charge in [0, 0.05) is 5.41 Å². The van der Waals surface area contributed by atoms with Crippen molar-refractivity contribution in [2.75, 3.05) is 0 Å². The van der Waals surface area contributed by atoms with Gasteiger partial charge in [0.25, 0.3) is 0 Å². The first-order valence-electron chi connectivity index (χ1n) is 5.17. The Morgan fingerprint density at radius 2 is 1.75 bits per heavy atom. The summed E-state index contributed by atoms with van der Waals surface area (Å²) in [5.74, 6) is -0.534. The molecule has 0 saturated carbocycles. The van der Waals surface area contributed by atoms with Gasteiger partial charge in [0.2, 0.25) is 0 Å². The van der Waals surface area contributed by atoms with Gasteiger partial charge in [0.05, 0.1) is 12.0 Å². The van der Waals surface area contributed by atoms with Gasteiger partial charge >= 0.3 is 0 Å². The molecule has 0 aliphatic heterocycles. The summed E-state index contributed by atoms with van der Waals surface area (Å²) in [6, 6.07) is 6.26. The fourth-order valence-corrected chi connectivity index (χ4v) is 1.22. The van der Waals surface area contributed by atoms with E-state index in [2.05, 4.69) is 0 Å². The highest BCUT2D eigenvalue weighted by Gasteiger charge is 2.24. The Balaban J connectivity index is 2.82. The Labute approximate surface area is 95.1 Å². The van der Waals surface area contributed by atoms with E-state index in [1.54, 1.807) is 32.9 Å². The zero-order chi connectivity index (χ0) is 12.3. The number of Topliss-reactive ketones (excluding diaryl/α,β-unsaturated/α-hetero) is 2. The molecule has 0 heterocycles. The maximum Gasteiger partial charge on any atom is 0.173 e. The number of aromatic hydroxyl groups is 1. The van der Waals surface area contributed by atoms with Crippen LogP contribution in [0.5, 0.6) is 5.75 Å². The first-order chi connectivity index (χ1) is 7.32. The molecule has 0 aromatic heterocycles. The van der Waals surface area contributed by atoms with Crippen LogP contribution in [-0.4, -0.2) is 16.7 Å². The van der Waals surface area contributed by atoms with Crippen LogP contribution >= 0.6 is 0 Å². The third kappa shape index (κ3) is 2.92. The number of benzene rings is 1. The quantitative estimate of drug-likeness (QED) is 0.629. The molecule has 0 bridgehead atoms. The van der Waals surface area contributed by atoms with Crippen molar-refractivity contribution in [2.24, 2.45) is 5.41 Å². The van der Waals surface area contributed by atoms with Crippen LogP contribution in [0.4, 0.5) is 0 Å². The number of para-hydroxylation sites is 1. The molecule has 3 heteroatoms. The number of hydrogen-bond acceptors (Lipinski definition) is 3. The summed E-state index contributed by atoms with van der Waals surface area (Å²) in [6.45, 7) is 5.31. The molecule has 0 atom stereocenters. The van der Waals surface area contributed by atoms with Crippen LogP contribution in [0.2, 0.25) is 0 Å². The predicted octanol–water partition coefficient (Wildman–Crippen LogP) is 2.58. The molecule has 0 unspecified atom stereocenters. The van der Waals surface area contributed by atoms with Crippen molar-refractivity contribution < 1.29 is 14.7 Å². The minimum atomic E-state index is -0.528. The molecule has 16 heavy (non-hydrogen) atoms. The van der Waals surface area contributed by atoms with E-state index in [0.29, 0.717) is 0 Å². The van der Waals surface area contributed by atoms with Gasteiger partial charge in [0.1, 0.15) is 11.5 Å². The summed E-state index contributed by atoms with van der Waals surface area (Å²) in [5, 5.41) is 9.46. The first-order valence-corrected chi connectivity index (χ1v) is 5.17. The number of carbonyl (C=O) groups is 2. The largest absolute Gasteiger partial charge is 0.507 e. The minimum Gasteiger partial charge on any atom is -0.507 e. The molecular formula is C13H16O3. The van der Waals surface area contributed by atoms with Crippen molar-refractivity contribution in [3.8, 4) is 5.75 Å². The molecule has 0 radical (unpaired) electrons. The van der Waals surface area contributed by atoms with Crippen molar-refractivity contribution in [1.29, 1.82) is 0 Å². The Hall–Kier alpha value is -1.64. The molecule has 86 valence electrons. The average Bonchev–Trinajstić information content (AvgIpc) is 2.16. The van der Waals surface area contributed by atoms with Crippen LogP contribution in [0.3, 0.4) is 0 Å². The van der Waals surface area contributed by atoms with E-state index in [9.17, 15) is 14.7 Å². The molecule has 1 aromatic rings. The number of phenols is 1. The molecule has 0 aliphatic rings. The van der Waals surface area contributed by atoms with Crippen LogP contribution in [0.1, 0.15) is 37.6 Å². The van der Waals surface area contributed by atoms with E-state index in [1.165, 1.54) is 12.1 Å². The number of carbonyl (C=O) groups excluding carboxylic acids is 2. The highest BCUT2D eigenvalue weighted by atomic mass is 16.3. The lowest BCUT2D eigenvalue weighted by Gasteiger charge is -2.15. The summed E-state index contributed by atoms with van der Waals surface area (Å²) >= 11 is 0. The lowest BCUT2D eigenvalue weighted by Crippen LogP contribution is -2.23. The van der Waals surface area contributed by atoms with E-state index in [4.69, 9.17) is 0 Å².